The van der Waals surface area contributed by atoms with Gasteiger partial charge in [-0.05, 0) is 19.1 Å². The fourth-order valence-electron chi connectivity index (χ4n) is 2.03. The SMILES string of the molecule is Cc1ccc(C(CN)n2ccnc2C(C)C)s1. The number of aromatic nitrogens is 2. The Morgan fingerprint density at radius 1 is 1.41 bits per heavy atom. The molecular weight excluding hydrogens is 230 g/mol. The van der Waals surface area contributed by atoms with E-state index in [-0.39, 0.29) is 6.04 Å². The molecule has 92 valence electrons. The number of aryl methyl sites for hydroxylation is 1. The highest BCUT2D eigenvalue weighted by Crippen LogP contribution is 2.27. The maximum absolute atomic E-state index is 5.93. The molecule has 1 unspecified atom stereocenters. The molecule has 0 aromatic carbocycles. The summed E-state index contributed by atoms with van der Waals surface area (Å²) in [6.07, 6.45) is 3.89. The van der Waals surface area contributed by atoms with Gasteiger partial charge in [-0.3, -0.25) is 0 Å². The third kappa shape index (κ3) is 2.42. The summed E-state index contributed by atoms with van der Waals surface area (Å²) in [5.74, 6) is 1.52. The number of rotatable bonds is 4. The van der Waals surface area contributed by atoms with Crippen LogP contribution >= 0.6 is 11.3 Å². The van der Waals surface area contributed by atoms with E-state index in [1.165, 1.54) is 9.75 Å². The maximum atomic E-state index is 5.93. The molecule has 3 nitrogen and oxygen atoms in total. The van der Waals surface area contributed by atoms with Crippen LogP contribution in [0.3, 0.4) is 0 Å². The standard InChI is InChI=1S/C13H19N3S/c1-9(2)13-15-6-7-16(13)11(8-14)12-5-4-10(3)17-12/h4-7,9,11H,8,14H2,1-3H3. The average Bonchev–Trinajstić information content (AvgIpc) is 2.89. The van der Waals surface area contributed by atoms with Gasteiger partial charge in [0.05, 0.1) is 6.04 Å². The van der Waals surface area contributed by atoms with Crippen LogP contribution in [0.25, 0.3) is 0 Å². The van der Waals surface area contributed by atoms with Gasteiger partial charge in [0, 0.05) is 34.6 Å². The average molecular weight is 249 g/mol. The summed E-state index contributed by atoms with van der Waals surface area (Å²) in [6.45, 7) is 7.05. The molecule has 2 aromatic rings. The van der Waals surface area contributed by atoms with E-state index in [1.807, 2.05) is 23.7 Å². The molecule has 4 heteroatoms. The molecule has 0 radical (unpaired) electrons. The molecule has 2 N–H and O–H groups in total. The molecule has 0 saturated heterocycles. The third-order valence-corrected chi connectivity index (χ3v) is 3.97. The van der Waals surface area contributed by atoms with Crippen LogP contribution in [0.4, 0.5) is 0 Å². The molecule has 2 aromatic heterocycles. The number of thiophene rings is 1. The van der Waals surface area contributed by atoms with E-state index in [0.717, 1.165) is 5.82 Å². The number of nitrogens with two attached hydrogens (primary N) is 1. The fourth-order valence-corrected chi connectivity index (χ4v) is 3.02. The summed E-state index contributed by atoms with van der Waals surface area (Å²) in [4.78, 5) is 7.06. The summed E-state index contributed by atoms with van der Waals surface area (Å²) >= 11 is 1.81. The van der Waals surface area contributed by atoms with Crippen molar-refractivity contribution in [3.8, 4) is 0 Å². The minimum atomic E-state index is 0.216. The second kappa shape index (κ2) is 5.02. The summed E-state index contributed by atoms with van der Waals surface area (Å²) in [5, 5.41) is 0. The molecule has 17 heavy (non-hydrogen) atoms. The third-order valence-electron chi connectivity index (χ3n) is 2.86. The van der Waals surface area contributed by atoms with Crippen molar-refractivity contribution >= 4 is 11.3 Å². The Hall–Kier alpha value is -1.13. The van der Waals surface area contributed by atoms with Gasteiger partial charge < -0.3 is 10.3 Å². The first-order valence-electron chi connectivity index (χ1n) is 5.92. The molecule has 2 heterocycles. The first kappa shape index (κ1) is 12.3. The van der Waals surface area contributed by atoms with Crippen LogP contribution in [0.2, 0.25) is 0 Å². The van der Waals surface area contributed by atoms with Crippen molar-refractivity contribution < 1.29 is 0 Å². The van der Waals surface area contributed by atoms with Gasteiger partial charge in [-0.25, -0.2) is 4.98 Å². The van der Waals surface area contributed by atoms with Gasteiger partial charge in [-0.1, -0.05) is 13.8 Å². The van der Waals surface area contributed by atoms with E-state index in [1.54, 1.807) is 0 Å². The molecule has 0 aliphatic carbocycles. The van der Waals surface area contributed by atoms with Gasteiger partial charge in [0.2, 0.25) is 0 Å². The Bertz CT molecular complexity index is 484. The van der Waals surface area contributed by atoms with Gasteiger partial charge in [-0.15, -0.1) is 11.3 Å². The van der Waals surface area contributed by atoms with Gasteiger partial charge in [0.25, 0.3) is 0 Å². The maximum Gasteiger partial charge on any atom is 0.111 e. The van der Waals surface area contributed by atoms with E-state index in [2.05, 4.69) is 42.5 Å². The Balaban J connectivity index is 2.38. The van der Waals surface area contributed by atoms with E-state index in [4.69, 9.17) is 5.73 Å². The summed E-state index contributed by atoms with van der Waals surface area (Å²) < 4.78 is 2.20. The predicted octanol–water partition coefficient (Wildman–Crippen LogP) is 2.92. The van der Waals surface area contributed by atoms with Gasteiger partial charge in [-0.2, -0.15) is 0 Å². The van der Waals surface area contributed by atoms with E-state index >= 15 is 0 Å². The van der Waals surface area contributed by atoms with Crippen LogP contribution in [0.15, 0.2) is 24.5 Å². The lowest BCUT2D eigenvalue weighted by molar-refractivity contribution is 0.555. The molecule has 0 bridgehead atoms. The van der Waals surface area contributed by atoms with Crippen molar-refractivity contribution in [1.29, 1.82) is 0 Å². The van der Waals surface area contributed by atoms with Gasteiger partial charge in [0.1, 0.15) is 5.82 Å². The fraction of sp³-hybridized carbons (Fsp3) is 0.462. The van der Waals surface area contributed by atoms with Crippen LogP contribution in [-0.4, -0.2) is 16.1 Å². The van der Waals surface area contributed by atoms with Crippen molar-refractivity contribution in [2.45, 2.75) is 32.7 Å². The van der Waals surface area contributed by atoms with Crippen LogP contribution in [0.1, 0.15) is 41.4 Å². The highest BCUT2D eigenvalue weighted by molar-refractivity contribution is 7.12. The summed E-state index contributed by atoms with van der Waals surface area (Å²) in [7, 11) is 0. The predicted molar refractivity (Wildman–Crippen MR) is 72.6 cm³/mol. The molecule has 0 saturated carbocycles. The minimum absolute atomic E-state index is 0.216. The van der Waals surface area contributed by atoms with Crippen LogP contribution in [-0.2, 0) is 0 Å². The van der Waals surface area contributed by atoms with Crippen molar-refractivity contribution in [2.75, 3.05) is 6.54 Å². The zero-order chi connectivity index (χ0) is 12.4. The van der Waals surface area contributed by atoms with Crippen molar-refractivity contribution in [3.63, 3.8) is 0 Å². The monoisotopic (exact) mass is 249 g/mol. The van der Waals surface area contributed by atoms with Crippen LogP contribution in [0.5, 0.6) is 0 Å². The smallest absolute Gasteiger partial charge is 0.111 e. The molecule has 2 rings (SSSR count). The second-order valence-corrected chi connectivity index (χ2v) is 5.87. The normalized spacial score (nSPS) is 13.2. The van der Waals surface area contributed by atoms with Gasteiger partial charge >= 0.3 is 0 Å². The van der Waals surface area contributed by atoms with Gasteiger partial charge in [0.15, 0.2) is 0 Å². The van der Waals surface area contributed by atoms with Crippen molar-refractivity contribution in [1.82, 2.24) is 9.55 Å². The number of hydrogen-bond acceptors (Lipinski definition) is 3. The quantitative estimate of drug-likeness (QED) is 0.905. The number of hydrogen-bond donors (Lipinski definition) is 1. The van der Waals surface area contributed by atoms with Crippen molar-refractivity contribution in [2.24, 2.45) is 5.73 Å². The second-order valence-electron chi connectivity index (χ2n) is 4.55. The molecule has 0 aliphatic heterocycles. The number of nitrogens with zero attached hydrogens (tertiary/aromatic N) is 2. The van der Waals surface area contributed by atoms with Crippen molar-refractivity contribution in [3.05, 3.63) is 40.1 Å². The molecular formula is C13H19N3S. The van der Waals surface area contributed by atoms with E-state index in [0.29, 0.717) is 12.5 Å². The first-order chi connectivity index (χ1) is 8.13. The first-order valence-corrected chi connectivity index (χ1v) is 6.74. The Labute approximate surface area is 106 Å². The zero-order valence-corrected chi connectivity index (χ0v) is 11.4. The largest absolute Gasteiger partial charge is 0.328 e. The van der Waals surface area contributed by atoms with Crippen LogP contribution in [0, 0.1) is 6.92 Å². The lowest BCUT2D eigenvalue weighted by Crippen LogP contribution is -2.21. The summed E-state index contributed by atoms with van der Waals surface area (Å²) in [5.41, 5.74) is 5.93. The molecule has 0 fully saturated rings. The molecule has 0 amide bonds. The van der Waals surface area contributed by atoms with Crippen LogP contribution < -0.4 is 5.73 Å². The lowest BCUT2D eigenvalue weighted by atomic mass is 10.1. The molecule has 0 spiro atoms. The Kier molecular flexibility index (Phi) is 3.64. The highest BCUT2D eigenvalue weighted by Gasteiger charge is 2.18. The lowest BCUT2D eigenvalue weighted by Gasteiger charge is -2.19. The Morgan fingerprint density at radius 2 is 2.18 bits per heavy atom. The highest BCUT2D eigenvalue weighted by atomic mass is 32.1. The summed E-state index contributed by atoms with van der Waals surface area (Å²) in [6, 6.07) is 4.53. The number of imidazole rings is 1. The van der Waals surface area contributed by atoms with E-state index in [9.17, 15) is 0 Å². The molecule has 0 aliphatic rings. The topological polar surface area (TPSA) is 43.8 Å². The Morgan fingerprint density at radius 3 is 2.71 bits per heavy atom. The minimum Gasteiger partial charge on any atom is -0.328 e. The van der Waals surface area contributed by atoms with E-state index < -0.39 is 0 Å². The zero-order valence-electron chi connectivity index (χ0n) is 10.6. The molecule has 1 atom stereocenters.